The first-order valence-electron chi connectivity index (χ1n) is 9.45. The van der Waals surface area contributed by atoms with Gasteiger partial charge in [0.25, 0.3) is 0 Å². The molecular weight excluding hydrogens is 422 g/mol. The van der Waals surface area contributed by atoms with E-state index in [1.165, 1.54) is 6.33 Å². The first-order chi connectivity index (χ1) is 13.5. The van der Waals surface area contributed by atoms with Crippen molar-refractivity contribution in [1.29, 1.82) is 0 Å². The Morgan fingerprint density at radius 1 is 1.29 bits per heavy atom. The molecule has 7 nitrogen and oxygen atoms in total. The molecule has 2 amide bonds. The Morgan fingerprint density at radius 3 is 2.82 bits per heavy atom. The zero-order chi connectivity index (χ0) is 19.7. The number of hydrogen-bond acceptors (Lipinski definition) is 5. The van der Waals surface area contributed by atoms with Crippen LogP contribution in [-0.4, -0.2) is 41.4 Å². The quantitative estimate of drug-likeness (QED) is 0.784. The molecule has 1 atom stereocenters. The molecule has 2 aliphatic rings. The summed E-state index contributed by atoms with van der Waals surface area (Å²) in [6.07, 6.45) is 5.57. The van der Waals surface area contributed by atoms with Crippen LogP contribution in [0.2, 0.25) is 0 Å². The topological polar surface area (TPSA) is 78.4 Å². The number of amides is 2. The van der Waals surface area contributed by atoms with Gasteiger partial charge in [-0.15, -0.1) is 0 Å². The van der Waals surface area contributed by atoms with Crippen LogP contribution in [0.5, 0.6) is 0 Å². The highest BCUT2D eigenvalue weighted by Crippen LogP contribution is 2.30. The lowest BCUT2D eigenvalue weighted by Gasteiger charge is -2.20. The molecule has 4 rings (SSSR count). The number of anilines is 3. The van der Waals surface area contributed by atoms with E-state index in [2.05, 4.69) is 36.1 Å². The number of halogens is 1. The van der Waals surface area contributed by atoms with E-state index < -0.39 is 5.92 Å². The third-order valence-corrected chi connectivity index (χ3v) is 6.19. The van der Waals surface area contributed by atoms with Gasteiger partial charge in [-0.05, 0) is 43.5 Å². The van der Waals surface area contributed by atoms with Crippen molar-refractivity contribution in [3.63, 3.8) is 0 Å². The van der Waals surface area contributed by atoms with Gasteiger partial charge in [0, 0.05) is 36.2 Å². The molecule has 0 aliphatic carbocycles. The van der Waals surface area contributed by atoms with Crippen molar-refractivity contribution in [2.24, 2.45) is 5.92 Å². The van der Waals surface area contributed by atoms with Crippen LogP contribution < -0.4 is 15.1 Å². The van der Waals surface area contributed by atoms with Gasteiger partial charge in [-0.1, -0.05) is 15.9 Å². The lowest BCUT2D eigenvalue weighted by Crippen LogP contribution is -2.29. The summed E-state index contributed by atoms with van der Waals surface area (Å²) in [4.78, 5) is 37.6. The van der Waals surface area contributed by atoms with Gasteiger partial charge in [0.05, 0.1) is 12.1 Å². The van der Waals surface area contributed by atoms with E-state index in [0.717, 1.165) is 47.5 Å². The summed E-state index contributed by atoms with van der Waals surface area (Å²) >= 11 is 3.48. The number of nitrogens with zero attached hydrogens (tertiary/aromatic N) is 4. The molecule has 28 heavy (non-hydrogen) atoms. The molecule has 146 valence electrons. The Labute approximate surface area is 172 Å². The second kappa shape index (κ2) is 7.87. The first-order valence-corrected chi connectivity index (χ1v) is 10.2. The number of rotatable bonds is 4. The third kappa shape index (κ3) is 3.73. The summed E-state index contributed by atoms with van der Waals surface area (Å²) in [7, 11) is 0. The molecule has 2 aromatic rings. The largest absolute Gasteiger partial charge is 0.355 e. The Hall–Kier alpha value is -2.48. The van der Waals surface area contributed by atoms with Gasteiger partial charge in [0.2, 0.25) is 11.8 Å². The Morgan fingerprint density at radius 2 is 2.07 bits per heavy atom. The third-order valence-electron chi connectivity index (χ3n) is 5.30. The van der Waals surface area contributed by atoms with Crippen molar-refractivity contribution < 1.29 is 9.59 Å². The maximum Gasteiger partial charge on any atom is 0.229 e. The fourth-order valence-electron chi connectivity index (χ4n) is 3.76. The zero-order valence-electron chi connectivity index (χ0n) is 15.7. The van der Waals surface area contributed by atoms with Crippen molar-refractivity contribution >= 4 is 44.9 Å². The first kappa shape index (κ1) is 18.9. The van der Waals surface area contributed by atoms with Gasteiger partial charge in [-0.25, -0.2) is 9.97 Å². The van der Waals surface area contributed by atoms with Crippen LogP contribution in [0.25, 0.3) is 0 Å². The Balaban J connectivity index is 1.48. The molecular formula is C20H22BrN5O2. The van der Waals surface area contributed by atoms with Crippen molar-refractivity contribution in [3.8, 4) is 0 Å². The molecule has 0 radical (unpaired) electrons. The van der Waals surface area contributed by atoms with Crippen molar-refractivity contribution in [2.45, 2.75) is 26.2 Å². The summed E-state index contributed by atoms with van der Waals surface area (Å²) < 4.78 is 0.996. The molecule has 1 aromatic heterocycles. The molecule has 1 N–H and O–H groups in total. The van der Waals surface area contributed by atoms with Crippen LogP contribution in [0.1, 0.15) is 24.8 Å². The maximum absolute atomic E-state index is 12.9. The highest BCUT2D eigenvalue weighted by molar-refractivity contribution is 9.10. The fraction of sp³-hybridized carbons (Fsp3) is 0.400. The van der Waals surface area contributed by atoms with Crippen LogP contribution in [0, 0.1) is 12.8 Å². The van der Waals surface area contributed by atoms with E-state index in [1.807, 2.05) is 25.1 Å². The molecule has 0 saturated carbocycles. The SMILES string of the molecule is Cc1cc(N2CC(C(=O)Nc3cncnc3N3CCCC3)CC2=O)ccc1Br. The molecule has 2 saturated heterocycles. The standard InChI is InChI=1S/C20H22BrN5O2/c1-13-8-15(4-5-16(13)21)26-11-14(9-18(26)27)20(28)24-17-10-22-12-23-19(17)25-6-2-3-7-25/h4-5,8,10,12,14H,2-3,6-7,9,11H2,1H3,(H,24,28). The summed E-state index contributed by atoms with van der Waals surface area (Å²) in [6.45, 7) is 4.21. The zero-order valence-corrected chi connectivity index (χ0v) is 17.3. The molecule has 0 bridgehead atoms. The number of nitrogens with one attached hydrogen (secondary N) is 1. The predicted molar refractivity (Wildman–Crippen MR) is 111 cm³/mol. The summed E-state index contributed by atoms with van der Waals surface area (Å²) in [5.74, 6) is 0.152. The van der Waals surface area contributed by atoms with Gasteiger partial charge >= 0.3 is 0 Å². The van der Waals surface area contributed by atoms with Crippen LogP contribution >= 0.6 is 15.9 Å². The number of carbonyl (C=O) groups excluding carboxylic acids is 2. The second-order valence-corrected chi connectivity index (χ2v) is 8.14. The van der Waals surface area contributed by atoms with Crippen LogP contribution in [0.15, 0.2) is 35.2 Å². The summed E-state index contributed by atoms with van der Waals surface area (Å²) in [6, 6.07) is 5.78. The Kier molecular flexibility index (Phi) is 5.30. The van der Waals surface area contributed by atoms with Crippen LogP contribution in [-0.2, 0) is 9.59 Å². The van der Waals surface area contributed by atoms with Crippen molar-refractivity contribution in [3.05, 3.63) is 40.8 Å². The van der Waals surface area contributed by atoms with Gasteiger partial charge in [-0.3, -0.25) is 9.59 Å². The van der Waals surface area contributed by atoms with Gasteiger partial charge in [0.1, 0.15) is 12.0 Å². The lowest BCUT2D eigenvalue weighted by molar-refractivity contribution is -0.122. The average molecular weight is 444 g/mol. The van der Waals surface area contributed by atoms with E-state index in [4.69, 9.17) is 0 Å². The maximum atomic E-state index is 12.9. The van der Waals surface area contributed by atoms with Gasteiger partial charge in [0.15, 0.2) is 5.82 Å². The van der Waals surface area contributed by atoms with Gasteiger partial charge < -0.3 is 15.1 Å². The molecule has 2 fully saturated rings. The average Bonchev–Trinajstić information content (AvgIpc) is 3.34. The Bertz CT molecular complexity index is 913. The molecule has 2 aliphatic heterocycles. The molecule has 8 heteroatoms. The van der Waals surface area contributed by atoms with E-state index in [1.54, 1.807) is 11.1 Å². The monoisotopic (exact) mass is 443 g/mol. The number of aryl methyl sites for hydroxylation is 1. The smallest absolute Gasteiger partial charge is 0.229 e. The van der Waals surface area contributed by atoms with Crippen LogP contribution in [0.4, 0.5) is 17.2 Å². The minimum atomic E-state index is -0.400. The molecule has 1 aromatic carbocycles. The number of hydrogen-bond donors (Lipinski definition) is 1. The minimum absolute atomic E-state index is 0.0362. The second-order valence-electron chi connectivity index (χ2n) is 7.28. The summed E-state index contributed by atoms with van der Waals surface area (Å²) in [5, 5.41) is 2.95. The van der Waals surface area contributed by atoms with E-state index in [0.29, 0.717) is 12.2 Å². The van der Waals surface area contributed by atoms with Crippen LogP contribution in [0.3, 0.4) is 0 Å². The molecule has 3 heterocycles. The molecule has 0 spiro atoms. The predicted octanol–water partition coefficient (Wildman–Crippen LogP) is 3.14. The van der Waals surface area contributed by atoms with E-state index in [-0.39, 0.29) is 18.2 Å². The fourth-order valence-corrected chi connectivity index (χ4v) is 4.00. The normalized spacial score (nSPS) is 19.4. The summed E-state index contributed by atoms with van der Waals surface area (Å²) in [5.41, 5.74) is 2.48. The number of aromatic nitrogens is 2. The minimum Gasteiger partial charge on any atom is -0.355 e. The lowest BCUT2D eigenvalue weighted by atomic mass is 10.1. The highest BCUT2D eigenvalue weighted by Gasteiger charge is 2.35. The van der Waals surface area contributed by atoms with Gasteiger partial charge in [-0.2, -0.15) is 0 Å². The van der Waals surface area contributed by atoms with Crippen molar-refractivity contribution in [1.82, 2.24) is 9.97 Å². The highest BCUT2D eigenvalue weighted by atomic mass is 79.9. The number of carbonyl (C=O) groups is 2. The number of benzene rings is 1. The van der Waals surface area contributed by atoms with Crippen molar-refractivity contribution in [2.75, 3.05) is 34.8 Å². The van der Waals surface area contributed by atoms with E-state index in [9.17, 15) is 9.59 Å². The van der Waals surface area contributed by atoms with E-state index >= 15 is 0 Å². The molecule has 1 unspecified atom stereocenters.